The Morgan fingerprint density at radius 1 is 1.17 bits per heavy atom. The molecule has 0 unspecified atom stereocenters. The number of aliphatic hydroxyl groups excluding tert-OH is 1. The molecule has 0 amide bonds. The van der Waals surface area contributed by atoms with E-state index >= 15 is 0 Å². The topological polar surface area (TPSA) is 104 Å². The molecule has 0 atom stereocenters. The van der Waals surface area contributed by atoms with E-state index < -0.39 is 17.7 Å². The minimum Gasteiger partial charge on any atom is -0.504 e. The average molecular weight is 250 g/mol. The molecule has 0 aromatic heterocycles. The smallest absolute Gasteiger partial charge is 0.378 e. The Morgan fingerprint density at radius 3 is 2.44 bits per heavy atom. The lowest BCUT2D eigenvalue weighted by atomic mass is 10.3. The van der Waals surface area contributed by atoms with E-state index in [0.29, 0.717) is 0 Å². The number of phenolic OH excluding ortho intramolecular Hbond substituents is 1. The zero-order valence-corrected chi connectivity index (χ0v) is 9.11. The van der Waals surface area contributed by atoms with Crippen LogP contribution in [0.15, 0.2) is 48.3 Å². The maximum atomic E-state index is 11.3. The Kier molecular flexibility index (Phi) is 4.50. The summed E-state index contributed by atoms with van der Waals surface area (Å²) in [5, 5.41) is 26.9. The zero-order valence-electron chi connectivity index (χ0n) is 9.11. The molecule has 0 aliphatic carbocycles. The molecule has 0 saturated carbocycles. The number of benzene rings is 1. The van der Waals surface area contributed by atoms with Crippen LogP contribution < -0.4 is 4.74 Å². The van der Waals surface area contributed by atoms with Crippen LogP contribution in [0.4, 0.5) is 0 Å². The molecule has 0 aliphatic rings. The van der Waals surface area contributed by atoms with E-state index in [0.717, 1.165) is 18.2 Å². The van der Waals surface area contributed by atoms with Gasteiger partial charge in [0.05, 0.1) is 0 Å². The molecule has 0 heterocycles. The second-order valence-electron chi connectivity index (χ2n) is 3.11. The summed E-state index contributed by atoms with van der Waals surface area (Å²) in [6.45, 7) is 0. The van der Waals surface area contributed by atoms with Gasteiger partial charge in [-0.15, -0.1) is 0 Å². The standard InChI is InChI=1S/C12H10O6/c13-8-4-1-2-6-10(8)18-12(17)9(14)5-3-7-11(15)16/h1-7,13-14H,(H,15,16)/b7-3+,9-5-. The minimum absolute atomic E-state index is 0.107. The summed E-state index contributed by atoms with van der Waals surface area (Å²) in [4.78, 5) is 21.4. The van der Waals surface area contributed by atoms with Gasteiger partial charge in [0, 0.05) is 6.08 Å². The number of hydrogen-bond acceptors (Lipinski definition) is 5. The highest BCUT2D eigenvalue weighted by Gasteiger charge is 2.11. The van der Waals surface area contributed by atoms with E-state index in [1.807, 2.05) is 0 Å². The molecule has 0 spiro atoms. The monoisotopic (exact) mass is 250 g/mol. The number of carboxylic acids is 1. The lowest BCUT2D eigenvalue weighted by Gasteiger charge is -2.04. The Hall–Kier alpha value is -2.76. The normalized spacial score (nSPS) is 11.4. The van der Waals surface area contributed by atoms with Gasteiger partial charge in [-0.05, 0) is 18.2 Å². The number of allylic oxidation sites excluding steroid dienone is 2. The average Bonchev–Trinajstić information content (AvgIpc) is 2.31. The third-order valence-corrected chi connectivity index (χ3v) is 1.77. The van der Waals surface area contributed by atoms with Crippen LogP contribution in [0.25, 0.3) is 0 Å². The van der Waals surface area contributed by atoms with E-state index in [9.17, 15) is 19.8 Å². The molecule has 1 aromatic rings. The van der Waals surface area contributed by atoms with Crippen LogP contribution >= 0.6 is 0 Å². The molecule has 18 heavy (non-hydrogen) atoms. The van der Waals surface area contributed by atoms with Gasteiger partial charge in [-0.3, -0.25) is 0 Å². The van der Waals surface area contributed by atoms with E-state index in [1.165, 1.54) is 24.3 Å². The highest BCUT2D eigenvalue weighted by atomic mass is 16.6. The molecule has 94 valence electrons. The van der Waals surface area contributed by atoms with Crippen molar-refractivity contribution < 1.29 is 29.6 Å². The van der Waals surface area contributed by atoms with Crippen molar-refractivity contribution in [1.29, 1.82) is 0 Å². The van der Waals surface area contributed by atoms with Crippen molar-refractivity contribution in [1.82, 2.24) is 0 Å². The predicted molar refractivity (Wildman–Crippen MR) is 61.2 cm³/mol. The van der Waals surface area contributed by atoms with Crippen molar-refractivity contribution in [3.05, 3.63) is 48.3 Å². The zero-order chi connectivity index (χ0) is 13.5. The number of aliphatic carboxylic acids is 1. The molecule has 0 aliphatic heterocycles. The van der Waals surface area contributed by atoms with E-state index in [2.05, 4.69) is 4.74 Å². The van der Waals surface area contributed by atoms with Gasteiger partial charge < -0.3 is 20.1 Å². The summed E-state index contributed by atoms with van der Waals surface area (Å²) >= 11 is 0. The molecule has 3 N–H and O–H groups in total. The third kappa shape index (κ3) is 4.01. The summed E-state index contributed by atoms with van der Waals surface area (Å²) in [6.07, 6.45) is 2.59. The fourth-order valence-electron chi connectivity index (χ4n) is 0.985. The highest BCUT2D eigenvalue weighted by Crippen LogP contribution is 2.24. The van der Waals surface area contributed by atoms with Crippen LogP contribution in [0.1, 0.15) is 0 Å². The summed E-state index contributed by atoms with van der Waals surface area (Å²) in [7, 11) is 0. The first-order valence-corrected chi connectivity index (χ1v) is 4.81. The first-order valence-electron chi connectivity index (χ1n) is 4.81. The van der Waals surface area contributed by atoms with Crippen molar-refractivity contribution in [3.63, 3.8) is 0 Å². The van der Waals surface area contributed by atoms with Crippen LogP contribution in [-0.4, -0.2) is 27.3 Å². The number of phenols is 1. The first kappa shape index (κ1) is 13.3. The molecule has 0 saturated heterocycles. The number of esters is 1. The Morgan fingerprint density at radius 2 is 1.83 bits per heavy atom. The number of carboxylic acid groups (broad SMARTS) is 1. The molecule has 6 nitrogen and oxygen atoms in total. The molecular weight excluding hydrogens is 240 g/mol. The number of rotatable bonds is 4. The fraction of sp³-hybridized carbons (Fsp3) is 0. The van der Waals surface area contributed by atoms with Crippen molar-refractivity contribution >= 4 is 11.9 Å². The number of aromatic hydroxyl groups is 1. The van der Waals surface area contributed by atoms with Crippen LogP contribution in [-0.2, 0) is 9.59 Å². The van der Waals surface area contributed by atoms with Crippen molar-refractivity contribution in [2.75, 3.05) is 0 Å². The molecule has 0 fully saturated rings. The van der Waals surface area contributed by atoms with Crippen LogP contribution in [0.3, 0.4) is 0 Å². The summed E-state index contributed by atoms with van der Waals surface area (Å²) < 4.78 is 4.68. The number of aliphatic hydroxyl groups is 1. The molecule has 0 radical (unpaired) electrons. The number of carbonyl (C=O) groups excluding carboxylic acids is 1. The van der Waals surface area contributed by atoms with Gasteiger partial charge >= 0.3 is 11.9 Å². The minimum atomic E-state index is -1.21. The number of carbonyl (C=O) groups is 2. The second kappa shape index (κ2) is 6.09. The maximum absolute atomic E-state index is 11.3. The van der Waals surface area contributed by atoms with E-state index in [1.54, 1.807) is 0 Å². The Bertz CT molecular complexity index is 515. The fourth-order valence-corrected chi connectivity index (χ4v) is 0.985. The summed E-state index contributed by atoms with van der Waals surface area (Å²) in [6, 6.07) is 5.73. The van der Waals surface area contributed by atoms with Crippen LogP contribution in [0, 0.1) is 0 Å². The largest absolute Gasteiger partial charge is 0.504 e. The SMILES string of the molecule is O=C(O)/C=C/C=C(\O)C(=O)Oc1ccccc1O. The summed E-state index contributed by atoms with van der Waals surface area (Å²) in [5.41, 5.74) is 0. The first-order chi connectivity index (χ1) is 8.50. The van der Waals surface area contributed by atoms with E-state index in [-0.39, 0.29) is 11.5 Å². The van der Waals surface area contributed by atoms with Gasteiger partial charge in [0.1, 0.15) is 0 Å². The highest BCUT2D eigenvalue weighted by molar-refractivity contribution is 5.88. The molecule has 0 bridgehead atoms. The van der Waals surface area contributed by atoms with Crippen LogP contribution in [0.5, 0.6) is 11.5 Å². The van der Waals surface area contributed by atoms with Gasteiger partial charge in [-0.25, -0.2) is 9.59 Å². The van der Waals surface area contributed by atoms with Gasteiger partial charge in [0.15, 0.2) is 11.5 Å². The van der Waals surface area contributed by atoms with E-state index in [4.69, 9.17) is 5.11 Å². The molecule has 6 heteroatoms. The Labute approximate surface area is 102 Å². The number of hydrogen-bond donors (Lipinski definition) is 3. The van der Waals surface area contributed by atoms with Gasteiger partial charge in [0.2, 0.25) is 5.76 Å². The van der Waals surface area contributed by atoms with Gasteiger partial charge in [0.25, 0.3) is 0 Å². The van der Waals surface area contributed by atoms with Crippen molar-refractivity contribution in [3.8, 4) is 11.5 Å². The summed E-state index contributed by atoms with van der Waals surface area (Å²) in [5.74, 6) is -3.46. The van der Waals surface area contributed by atoms with Gasteiger partial charge in [-0.1, -0.05) is 18.2 Å². The second-order valence-corrected chi connectivity index (χ2v) is 3.11. The number of ether oxygens (including phenoxy) is 1. The molecular formula is C12H10O6. The third-order valence-electron chi connectivity index (χ3n) is 1.77. The molecule has 1 aromatic carbocycles. The molecule has 1 rings (SSSR count). The van der Waals surface area contributed by atoms with Gasteiger partial charge in [-0.2, -0.15) is 0 Å². The lowest BCUT2D eigenvalue weighted by molar-refractivity contribution is -0.133. The maximum Gasteiger partial charge on any atom is 0.378 e. The quantitative estimate of drug-likeness (QED) is 0.245. The Balaban J connectivity index is 2.72. The lowest BCUT2D eigenvalue weighted by Crippen LogP contribution is -2.10. The number of para-hydroxylation sites is 2. The van der Waals surface area contributed by atoms with Crippen LogP contribution in [0.2, 0.25) is 0 Å². The van der Waals surface area contributed by atoms with Crippen molar-refractivity contribution in [2.24, 2.45) is 0 Å². The predicted octanol–water partition coefficient (Wildman–Crippen LogP) is 1.38. The van der Waals surface area contributed by atoms with Crippen molar-refractivity contribution in [2.45, 2.75) is 0 Å².